The lowest BCUT2D eigenvalue weighted by Crippen LogP contribution is -2.21. The van der Waals surface area contributed by atoms with Crippen molar-refractivity contribution >= 4 is 39.0 Å². The van der Waals surface area contributed by atoms with E-state index in [-0.39, 0.29) is 10.8 Å². The molecule has 1 unspecified atom stereocenters. The highest BCUT2D eigenvalue weighted by Crippen LogP contribution is 2.26. The molecule has 1 atom stereocenters. The molecule has 0 fully saturated rings. The van der Waals surface area contributed by atoms with E-state index in [9.17, 15) is 0 Å². The highest BCUT2D eigenvalue weighted by molar-refractivity contribution is 7.16. The molecule has 0 aliphatic heterocycles. The van der Waals surface area contributed by atoms with E-state index in [1.54, 1.807) is 17.7 Å². The first-order valence-corrected chi connectivity index (χ1v) is 7.33. The van der Waals surface area contributed by atoms with Crippen LogP contribution in [0.1, 0.15) is 27.2 Å². The standard InChI is InChI=1S/C13H18ClN3S/c1-13(2,3)6-9(14)7-15-11-10-4-5-18-12(10)17-8-16-11/h4-5,8-9H,6-7H2,1-3H3,(H,15,16,17). The molecule has 0 spiro atoms. The van der Waals surface area contributed by atoms with Crippen molar-refractivity contribution in [3.8, 4) is 0 Å². The fourth-order valence-corrected chi connectivity index (χ4v) is 3.15. The first-order chi connectivity index (χ1) is 8.46. The van der Waals surface area contributed by atoms with E-state index in [0.29, 0.717) is 0 Å². The van der Waals surface area contributed by atoms with Gasteiger partial charge in [-0.2, -0.15) is 0 Å². The number of thiophene rings is 1. The van der Waals surface area contributed by atoms with Crippen molar-refractivity contribution in [3.05, 3.63) is 17.8 Å². The van der Waals surface area contributed by atoms with Crippen LogP contribution in [0, 0.1) is 5.41 Å². The molecule has 0 amide bonds. The van der Waals surface area contributed by atoms with Gasteiger partial charge in [-0.3, -0.25) is 0 Å². The van der Waals surface area contributed by atoms with Crippen molar-refractivity contribution in [2.45, 2.75) is 32.6 Å². The molecule has 0 aliphatic carbocycles. The molecule has 0 saturated carbocycles. The van der Waals surface area contributed by atoms with Crippen LogP contribution in [-0.2, 0) is 0 Å². The molecule has 0 bridgehead atoms. The second-order valence-electron chi connectivity index (χ2n) is 5.60. The lowest BCUT2D eigenvalue weighted by atomic mass is 9.90. The second kappa shape index (κ2) is 5.41. The molecule has 0 aromatic carbocycles. The summed E-state index contributed by atoms with van der Waals surface area (Å²) in [6, 6.07) is 2.04. The van der Waals surface area contributed by atoms with Gasteiger partial charge in [-0.25, -0.2) is 9.97 Å². The Morgan fingerprint density at radius 1 is 1.39 bits per heavy atom. The minimum Gasteiger partial charge on any atom is -0.368 e. The average molecular weight is 284 g/mol. The van der Waals surface area contributed by atoms with Gasteiger partial charge in [-0.05, 0) is 23.3 Å². The van der Waals surface area contributed by atoms with E-state index in [0.717, 1.165) is 29.0 Å². The van der Waals surface area contributed by atoms with Gasteiger partial charge < -0.3 is 5.32 Å². The van der Waals surface area contributed by atoms with Crippen LogP contribution >= 0.6 is 22.9 Å². The largest absolute Gasteiger partial charge is 0.368 e. The quantitative estimate of drug-likeness (QED) is 0.857. The first-order valence-electron chi connectivity index (χ1n) is 6.02. The number of hydrogen-bond acceptors (Lipinski definition) is 4. The van der Waals surface area contributed by atoms with E-state index in [2.05, 4.69) is 36.1 Å². The topological polar surface area (TPSA) is 37.8 Å². The Morgan fingerprint density at radius 3 is 2.89 bits per heavy atom. The Morgan fingerprint density at radius 2 is 2.17 bits per heavy atom. The van der Waals surface area contributed by atoms with Gasteiger partial charge in [0.2, 0.25) is 0 Å². The Bertz CT molecular complexity index is 518. The minimum absolute atomic E-state index is 0.105. The number of nitrogens with zero attached hydrogens (tertiary/aromatic N) is 2. The lowest BCUT2D eigenvalue weighted by Gasteiger charge is -2.22. The molecule has 2 aromatic heterocycles. The Hall–Kier alpha value is -0.870. The molecular formula is C13H18ClN3S. The third kappa shape index (κ3) is 3.56. The smallest absolute Gasteiger partial charge is 0.138 e. The van der Waals surface area contributed by atoms with Gasteiger partial charge in [0.05, 0.1) is 10.8 Å². The molecule has 3 nitrogen and oxygen atoms in total. The minimum atomic E-state index is 0.105. The van der Waals surface area contributed by atoms with E-state index >= 15 is 0 Å². The van der Waals surface area contributed by atoms with Crippen molar-refractivity contribution in [2.24, 2.45) is 5.41 Å². The summed E-state index contributed by atoms with van der Waals surface area (Å²) < 4.78 is 0. The van der Waals surface area contributed by atoms with Crippen LogP contribution < -0.4 is 5.32 Å². The number of halogens is 1. The first kappa shape index (κ1) is 13.6. The van der Waals surface area contributed by atoms with E-state index in [4.69, 9.17) is 11.6 Å². The number of hydrogen-bond donors (Lipinski definition) is 1. The van der Waals surface area contributed by atoms with Crippen molar-refractivity contribution in [2.75, 3.05) is 11.9 Å². The van der Waals surface area contributed by atoms with E-state index in [1.807, 2.05) is 11.4 Å². The van der Waals surface area contributed by atoms with Gasteiger partial charge in [0, 0.05) is 6.54 Å². The molecule has 98 valence electrons. The van der Waals surface area contributed by atoms with Crippen molar-refractivity contribution in [1.82, 2.24) is 9.97 Å². The van der Waals surface area contributed by atoms with Crippen LogP contribution in [0.25, 0.3) is 10.2 Å². The highest BCUT2D eigenvalue weighted by atomic mass is 35.5. The molecular weight excluding hydrogens is 266 g/mol. The molecule has 2 rings (SSSR count). The van der Waals surface area contributed by atoms with Crippen LogP contribution in [0.4, 0.5) is 5.82 Å². The maximum absolute atomic E-state index is 6.34. The van der Waals surface area contributed by atoms with Crippen molar-refractivity contribution in [1.29, 1.82) is 0 Å². The summed E-state index contributed by atoms with van der Waals surface area (Å²) in [7, 11) is 0. The molecule has 0 aliphatic rings. The van der Waals surface area contributed by atoms with Crippen molar-refractivity contribution in [3.63, 3.8) is 0 Å². The number of anilines is 1. The maximum atomic E-state index is 6.34. The zero-order valence-electron chi connectivity index (χ0n) is 10.9. The number of rotatable bonds is 4. The molecule has 5 heteroatoms. The second-order valence-corrected chi connectivity index (χ2v) is 7.12. The SMILES string of the molecule is CC(C)(C)CC(Cl)CNc1ncnc2sccc12. The summed E-state index contributed by atoms with van der Waals surface area (Å²) in [5.74, 6) is 0.876. The van der Waals surface area contributed by atoms with Crippen LogP contribution in [0.3, 0.4) is 0 Å². The zero-order valence-corrected chi connectivity index (χ0v) is 12.5. The fraction of sp³-hybridized carbons (Fsp3) is 0.538. The summed E-state index contributed by atoms with van der Waals surface area (Å²) in [5, 5.41) is 6.52. The van der Waals surface area contributed by atoms with Crippen LogP contribution in [0.2, 0.25) is 0 Å². The van der Waals surface area contributed by atoms with Gasteiger partial charge in [0.25, 0.3) is 0 Å². The third-order valence-electron chi connectivity index (χ3n) is 2.59. The average Bonchev–Trinajstić information content (AvgIpc) is 2.72. The van der Waals surface area contributed by atoms with Gasteiger partial charge in [-0.1, -0.05) is 20.8 Å². The molecule has 0 radical (unpaired) electrons. The van der Waals surface area contributed by atoms with Crippen LogP contribution in [-0.4, -0.2) is 21.9 Å². The van der Waals surface area contributed by atoms with Crippen LogP contribution in [0.15, 0.2) is 17.8 Å². The number of aromatic nitrogens is 2. The summed E-state index contributed by atoms with van der Waals surface area (Å²) in [6.07, 6.45) is 2.56. The van der Waals surface area contributed by atoms with Gasteiger partial charge >= 0.3 is 0 Å². The van der Waals surface area contributed by atoms with Gasteiger partial charge in [-0.15, -0.1) is 22.9 Å². The summed E-state index contributed by atoms with van der Waals surface area (Å²) in [5.41, 5.74) is 0.247. The molecule has 2 heterocycles. The summed E-state index contributed by atoms with van der Waals surface area (Å²) >= 11 is 7.96. The summed E-state index contributed by atoms with van der Waals surface area (Å²) in [6.45, 7) is 7.32. The predicted molar refractivity (Wildman–Crippen MR) is 79.6 cm³/mol. The Balaban J connectivity index is 2.00. The lowest BCUT2D eigenvalue weighted by molar-refractivity contribution is 0.373. The molecule has 2 aromatic rings. The van der Waals surface area contributed by atoms with Crippen LogP contribution in [0.5, 0.6) is 0 Å². The number of fused-ring (bicyclic) bond motifs is 1. The maximum Gasteiger partial charge on any atom is 0.138 e. The van der Waals surface area contributed by atoms with Gasteiger partial charge in [0.1, 0.15) is 17.0 Å². The Labute approximate surface area is 117 Å². The molecule has 18 heavy (non-hydrogen) atoms. The third-order valence-corrected chi connectivity index (χ3v) is 3.72. The van der Waals surface area contributed by atoms with E-state index < -0.39 is 0 Å². The molecule has 0 saturated heterocycles. The number of nitrogens with one attached hydrogen (secondary N) is 1. The summed E-state index contributed by atoms with van der Waals surface area (Å²) in [4.78, 5) is 9.50. The van der Waals surface area contributed by atoms with E-state index in [1.165, 1.54) is 0 Å². The number of alkyl halides is 1. The zero-order chi connectivity index (χ0) is 13.2. The normalized spacial score (nSPS) is 13.8. The fourth-order valence-electron chi connectivity index (χ4n) is 1.87. The van der Waals surface area contributed by atoms with Gasteiger partial charge in [0.15, 0.2) is 0 Å². The predicted octanol–water partition coefficient (Wildman–Crippen LogP) is 4.15. The highest BCUT2D eigenvalue weighted by Gasteiger charge is 2.17. The monoisotopic (exact) mass is 283 g/mol. The van der Waals surface area contributed by atoms with Crippen molar-refractivity contribution < 1.29 is 0 Å². The Kier molecular flexibility index (Phi) is 4.07. The molecule has 1 N–H and O–H groups in total.